The Hall–Kier alpha value is -1.88. The molecule has 0 aromatic carbocycles. The molecule has 0 aliphatic heterocycles. The summed E-state index contributed by atoms with van der Waals surface area (Å²) in [6.07, 6.45) is 0. The quantitative estimate of drug-likeness (QED) is 0.889. The molecule has 2 aromatic heterocycles. The van der Waals surface area contributed by atoms with Crippen molar-refractivity contribution in [1.82, 2.24) is 14.8 Å². The minimum atomic E-state index is -1.07. The minimum Gasteiger partial charge on any atom is -0.477 e. The van der Waals surface area contributed by atoms with E-state index in [2.05, 4.69) is 10.1 Å². The summed E-state index contributed by atoms with van der Waals surface area (Å²) in [6.45, 7) is 3.59. The van der Waals surface area contributed by atoms with Gasteiger partial charge in [0, 0.05) is 0 Å². The predicted molar refractivity (Wildman–Crippen MR) is 62.8 cm³/mol. The van der Waals surface area contributed by atoms with E-state index in [9.17, 15) is 4.79 Å². The third-order valence-corrected chi connectivity index (χ3v) is 2.92. The smallest absolute Gasteiger partial charge is 0.354 e. The molecule has 2 heterocycles. The Kier molecular flexibility index (Phi) is 2.85. The lowest BCUT2D eigenvalue weighted by atomic mass is 10.3. The van der Waals surface area contributed by atoms with Gasteiger partial charge in [-0.05, 0) is 26.0 Å². The van der Waals surface area contributed by atoms with E-state index in [4.69, 9.17) is 16.7 Å². The molecule has 88 valence electrons. The first kappa shape index (κ1) is 11.6. The summed E-state index contributed by atoms with van der Waals surface area (Å²) in [4.78, 5) is 14.8. The van der Waals surface area contributed by atoms with Crippen molar-refractivity contribution in [2.75, 3.05) is 0 Å². The fraction of sp³-hybridized carbons (Fsp3) is 0.182. The van der Waals surface area contributed by atoms with Crippen LogP contribution in [0, 0.1) is 13.8 Å². The maximum Gasteiger partial charge on any atom is 0.354 e. The molecule has 0 unspecified atom stereocenters. The Bertz CT molecular complexity index is 592. The molecule has 0 amide bonds. The highest BCUT2D eigenvalue weighted by Crippen LogP contribution is 2.21. The van der Waals surface area contributed by atoms with Crippen LogP contribution in [-0.4, -0.2) is 25.8 Å². The van der Waals surface area contributed by atoms with Crippen molar-refractivity contribution in [2.24, 2.45) is 0 Å². The molecule has 6 heteroatoms. The molecule has 0 saturated carbocycles. The second-order valence-electron chi connectivity index (χ2n) is 3.58. The normalized spacial score (nSPS) is 10.5. The second-order valence-corrected chi connectivity index (χ2v) is 3.96. The number of rotatable bonds is 2. The lowest BCUT2D eigenvalue weighted by molar-refractivity contribution is 0.0690. The van der Waals surface area contributed by atoms with Gasteiger partial charge in [0.05, 0.1) is 16.4 Å². The van der Waals surface area contributed by atoms with Crippen LogP contribution < -0.4 is 0 Å². The van der Waals surface area contributed by atoms with Gasteiger partial charge in [-0.15, -0.1) is 0 Å². The van der Waals surface area contributed by atoms with Crippen LogP contribution in [0.5, 0.6) is 0 Å². The first-order valence-corrected chi connectivity index (χ1v) is 5.31. The summed E-state index contributed by atoms with van der Waals surface area (Å²) in [5, 5.41) is 13.6. The van der Waals surface area contributed by atoms with Crippen molar-refractivity contribution in [3.05, 3.63) is 40.3 Å². The van der Waals surface area contributed by atoms with E-state index >= 15 is 0 Å². The van der Waals surface area contributed by atoms with Gasteiger partial charge in [-0.25, -0.2) is 14.5 Å². The van der Waals surface area contributed by atoms with Crippen LogP contribution in [0.2, 0.25) is 5.02 Å². The highest BCUT2D eigenvalue weighted by Gasteiger charge is 2.13. The molecule has 0 radical (unpaired) electrons. The van der Waals surface area contributed by atoms with Gasteiger partial charge in [-0.1, -0.05) is 17.7 Å². The molecule has 2 rings (SSSR count). The monoisotopic (exact) mass is 251 g/mol. The molecule has 17 heavy (non-hydrogen) atoms. The number of hydrogen-bond acceptors (Lipinski definition) is 3. The van der Waals surface area contributed by atoms with Crippen molar-refractivity contribution >= 4 is 17.6 Å². The van der Waals surface area contributed by atoms with Crippen molar-refractivity contribution in [3.8, 4) is 5.82 Å². The zero-order valence-electron chi connectivity index (χ0n) is 9.31. The van der Waals surface area contributed by atoms with Crippen LogP contribution in [0.15, 0.2) is 18.2 Å². The van der Waals surface area contributed by atoms with E-state index in [1.807, 2.05) is 0 Å². The number of pyridine rings is 1. The van der Waals surface area contributed by atoms with Gasteiger partial charge in [0.15, 0.2) is 11.5 Å². The van der Waals surface area contributed by atoms with E-state index in [1.165, 1.54) is 10.7 Å². The second kappa shape index (κ2) is 4.18. The van der Waals surface area contributed by atoms with Gasteiger partial charge in [0.1, 0.15) is 0 Å². The fourth-order valence-electron chi connectivity index (χ4n) is 1.51. The maximum atomic E-state index is 10.8. The molecular formula is C11H10ClN3O2. The standard InChI is InChI=1S/C11H10ClN3O2/c1-6-10(12)7(2)15(14-6)9-5-3-4-8(13-9)11(16)17/h3-5H,1-2H3,(H,16,17). The van der Waals surface area contributed by atoms with Gasteiger partial charge in [-0.3, -0.25) is 0 Å². The van der Waals surface area contributed by atoms with Crippen LogP contribution in [0.25, 0.3) is 5.82 Å². The molecule has 0 saturated heterocycles. The molecule has 0 bridgehead atoms. The zero-order chi connectivity index (χ0) is 12.6. The Morgan fingerprint density at radius 1 is 1.41 bits per heavy atom. The van der Waals surface area contributed by atoms with Crippen LogP contribution in [0.1, 0.15) is 21.9 Å². The van der Waals surface area contributed by atoms with Gasteiger partial charge in [-0.2, -0.15) is 5.10 Å². The molecule has 2 aromatic rings. The van der Waals surface area contributed by atoms with E-state index in [-0.39, 0.29) is 5.69 Å². The molecule has 0 aliphatic rings. The summed E-state index contributed by atoms with van der Waals surface area (Å²) in [7, 11) is 0. The summed E-state index contributed by atoms with van der Waals surface area (Å²) in [6, 6.07) is 4.73. The van der Waals surface area contributed by atoms with Crippen LogP contribution in [0.3, 0.4) is 0 Å². The number of aromatic carboxylic acids is 1. The van der Waals surface area contributed by atoms with Crippen LogP contribution >= 0.6 is 11.6 Å². The number of carboxylic acid groups (broad SMARTS) is 1. The first-order chi connectivity index (χ1) is 8.00. The van der Waals surface area contributed by atoms with E-state index in [0.717, 1.165) is 5.69 Å². The highest BCUT2D eigenvalue weighted by atomic mass is 35.5. The lowest BCUT2D eigenvalue weighted by Gasteiger charge is -2.03. The van der Waals surface area contributed by atoms with E-state index in [1.54, 1.807) is 26.0 Å². The van der Waals surface area contributed by atoms with Crippen LogP contribution in [0.4, 0.5) is 0 Å². The topological polar surface area (TPSA) is 68.0 Å². The summed E-state index contributed by atoms with van der Waals surface area (Å²) >= 11 is 6.02. The zero-order valence-corrected chi connectivity index (χ0v) is 10.1. The summed E-state index contributed by atoms with van der Waals surface area (Å²) in [5.41, 5.74) is 1.40. The number of aromatic nitrogens is 3. The molecule has 0 aliphatic carbocycles. The van der Waals surface area contributed by atoms with Crippen molar-refractivity contribution < 1.29 is 9.90 Å². The van der Waals surface area contributed by atoms with Crippen LogP contribution in [-0.2, 0) is 0 Å². The summed E-state index contributed by atoms with van der Waals surface area (Å²) < 4.78 is 1.53. The molecule has 0 fully saturated rings. The largest absolute Gasteiger partial charge is 0.477 e. The molecule has 0 atom stereocenters. The third-order valence-electron chi connectivity index (χ3n) is 2.37. The van der Waals surface area contributed by atoms with Crippen molar-refractivity contribution in [3.63, 3.8) is 0 Å². The Morgan fingerprint density at radius 3 is 2.65 bits per heavy atom. The van der Waals surface area contributed by atoms with E-state index < -0.39 is 5.97 Å². The van der Waals surface area contributed by atoms with Crippen molar-refractivity contribution in [2.45, 2.75) is 13.8 Å². The number of hydrogen-bond donors (Lipinski definition) is 1. The number of nitrogens with zero attached hydrogens (tertiary/aromatic N) is 3. The van der Waals surface area contributed by atoms with Gasteiger partial charge < -0.3 is 5.11 Å². The van der Waals surface area contributed by atoms with Crippen molar-refractivity contribution in [1.29, 1.82) is 0 Å². The average molecular weight is 252 g/mol. The lowest BCUT2D eigenvalue weighted by Crippen LogP contribution is -2.06. The van der Waals surface area contributed by atoms with Gasteiger partial charge in [0.2, 0.25) is 0 Å². The minimum absolute atomic E-state index is 0.0221. The Labute approximate surface area is 103 Å². The van der Waals surface area contributed by atoms with E-state index in [0.29, 0.717) is 16.5 Å². The Balaban J connectivity index is 2.56. The molecule has 1 N–H and O–H groups in total. The maximum absolute atomic E-state index is 10.8. The Morgan fingerprint density at radius 2 is 2.12 bits per heavy atom. The molecule has 5 nitrogen and oxygen atoms in total. The number of carbonyl (C=O) groups is 1. The van der Waals surface area contributed by atoms with Gasteiger partial charge >= 0.3 is 5.97 Å². The van der Waals surface area contributed by atoms with Gasteiger partial charge in [0.25, 0.3) is 0 Å². The number of aryl methyl sites for hydroxylation is 1. The third kappa shape index (κ3) is 2.01. The number of carboxylic acids is 1. The molecule has 0 spiro atoms. The molecular weight excluding hydrogens is 242 g/mol. The average Bonchev–Trinajstić information content (AvgIpc) is 2.57. The number of halogens is 1. The SMILES string of the molecule is Cc1nn(-c2cccc(C(=O)O)n2)c(C)c1Cl. The predicted octanol–water partition coefficient (Wildman–Crippen LogP) is 2.24. The summed E-state index contributed by atoms with van der Waals surface area (Å²) in [5.74, 6) is -0.628. The fourth-order valence-corrected chi connectivity index (χ4v) is 1.62. The highest BCUT2D eigenvalue weighted by molar-refractivity contribution is 6.31. The first-order valence-electron chi connectivity index (χ1n) is 4.93.